The second-order valence-corrected chi connectivity index (χ2v) is 5.70. The molecule has 21 heavy (non-hydrogen) atoms. The minimum absolute atomic E-state index is 0.0177. The number of hydrogen-bond acceptors (Lipinski definition) is 2. The lowest BCUT2D eigenvalue weighted by molar-refractivity contribution is -0.116. The quantitative estimate of drug-likeness (QED) is 0.585. The van der Waals surface area contributed by atoms with Gasteiger partial charge in [0.2, 0.25) is 5.91 Å². The molecule has 4 heteroatoms. The molecule has 0 fully saturated rings. The molecule has 3 nitrogen and oxygen atoms in total. The number of carbonyl (C=O) groups excluding carboxylic acids is 1. The maximum absolute atomic E-state index is 11.9. The van der Waals surface area contributed by atoms with Gasteiger partial charge in [-0.2, -0.15) is 0 Å². The van der Waals surface area contributed by atoms with E-state index in [0.717, 1.165) is 12.8 Å². The van der Waals surface area contributed by atoms with Gasteiger partial charge in [-0.3, -0.25) is 4.79 Å². The van der Waals surface area contributed by atoms with E-state index in [1.54, 1.807) is 25.3 Å². The van der Waals surface area contributed by atoms with E-state index < -0.39 is 0 Å². The number of hydrogen-bond donors (Lipinski definition) is 1. The number of rotatable bonds is 10. The van der Waals surface area contributed by atoms with Crippen molar-refractivity contribution in [2.24, 2.45) is 0 Å². The first-order valence-corrected chi connectivity index (χ1v) is 8.18. The van der Waals surface area contributed by atoms with Crippen LogP contribution in [-0.4, -0.2) is 13.0 Å². The predicted octanol–water partition coefficient (Wildman–Crippen LogP) is 5.43. The Morgan fingerprint density at radius 1 is 1.14 bits per heavy atom. The molecule has 0 saturated heterocycles. The molecule has 0 saturated carbocycles. The molecule has 0 spiro atoms. The number of nitrogens with one attached hydrogen (secondary N) is 1. The summed E-state index contributed by atoms with van der Waals surface area (Å²) in [4.78, 5) is 11.9. The van der Waals surface area contributed by atoms with Crippen LogP contribution < -0.4 is 10.1 Å². The fraction of sp³-hybridized carbons (Fsp3) is 0.588. The van der Waals surface area contributed by atoms with E-state index in [-0.39, 0.29) is 5.91 Å². The van der Waals surface area contributed by atoms with Crippen LogP contribution in [-0.2, 0) is 4.79 Å². The van der Waals surface area contributed by atoms with Crippen LogP contribution >= 0.6 is 11.6 Å². The minimum Gasteiger partial charge on any atom is -0.495 e. The maximum Gasteiger partial charge on any atom is 0.224 e. The molecule has 0 heterocycles. The summed E-state index contributed by atoms with van der Waals surface area (Å²) in [5, 5.41) is 3.45. The number of benzene rings is 1. The smallest absolute Gasteiger partial charge is 0.224 e. The molecule has 0 atom stereocenters. The van der Waals surface area contributed by atoms with E-state index in [9.17, 15) is 4.79 Å². The molecule has 0 radical (unpaired) electrons. The number of amides is 1. The molecular formula is C17H26ClNO2. The van der Waals surface area contributed by atoms with Crippen molar-refractivity contribution in [2.75, 3.05) is 12.4 Å². The Balaban J connectivity index is 2.26. The van der Waals surface area contributed by atoms with Gasteiger partial charge in [0.25, 0.3) is 0 Å². The van der Waals surface area contributed by atoms with E-state index in [1.807, 2.05) is 0 Å². The average molecular weight is 312 g/mol. The molecule has 118 valence electrons. The van der Waals surface area contributed by atoms with E-state index in [1.165, 1.54) is 32.1 Å². The van der Waals surface area contributed by atoms with E-state index in [2.05, 4.69) is 12.2 Å². The highest BCUT2D eigenvalue weighted by molar-refractivity contribution is 6.31. The highest BCUT2D eigenvalue weighted by Gasteiger charge is 2.08. The molecule has 0 aromatic heterocycles. The van der Waals surface area contributed by atoms with Gasteiger partial charge in [-0.05, 0) is 24.6 Å². The van der Waals surface area contributed by atoms with Crippen LogP contribution in [0.25, 0.3) is 0 Å². The van der Waals surface area contributed by atoms with Crippen molar-refractivity contribution >= 4 is 23.2 Å². The summed E-state index contributed by atoms with van der Waals surface area (Å²) in [6, 6.07) is 5.21. The van der Waals surface area contributed by atoms with Crippen molar-refractivity contribution in [1.82, 2.24) is 0 Å². The van der Waals surface area contributed by atoms with Gasteiger partial charge >= 0.3 is 0 Å². The topological polar surface area (TPSA) is 38.3 Å². The van der Waals surface area contributed by atoms with Crippen LogP contribution in [0, 0.1) is 0 Å². The summed E-state index contributed by atoms with van der Waals surface area (Å²) in [6.07, 6.45) is 8.97. The SMILES string of the molecule is CCCCCCCCCC(=O)Nc1cc(Cl)ccc1OC. The molecule has 1 aromatic carbocycles. The number of carbonyl (C=O) groups is 1. The van der Waals surface area contributed by atoms with Gasteiger partial charge < -0.3 is 10.1 Å². The Bertz CT molecular complexity index is 435. The Morgan fingerprint density at radius 2 is 1.81 bits per heavy atom. The monoisotopic (exact) mass is 311 g/mol. The first-order chi connectivity index (χ1) is 10.2. The molecule has 1 N–H and O–H groups in total. The summed E-state index contributed by atoms with van der Waals surface area (Å²) >= 11 is 5.94. The van der Waals surface area contributed by atoms with Gasteiger partial charge in [0.1, 0.15) is 5.75 Å². The van der Waals surface area contributed by atoms with Gasteiger partial charge in [0.05, 0.1) is 12.8 Å². The fourth-order valence-electron chi connectivity index (χ4n) is 2.23. The Labute approximate surface area is 133 Å². The van der Waals surface area contributed by atoms with Gasteiger partial charge in [-0.1, -0.05) is 57.0 Å². The zero-order valence-corrected chi connectivity index (χ0v) is 13.8. The van der Waals surface area contributed by atoms with Crippen molar-refractivity contribution in [2.45, 2.75) is 58.3 Å². The van der Waals surface area contributed by atoms with Gasteiger partial charge in [-0.15, -0.1) is 0 Å². The number of ether oxygens (including phenoxy) is 1. The predicted molar refractivity (Wildman–Crippen MR) is 89.2 cm³/mol. The molecule has 0 unspecified atom stereocenters. The number of anilines is 1. The van der Waals surface area contributed by atoms with Crippen molar-refractivity contribution in [3.05, 3.63) is 23.2 Å². The van der Waals surface area contributed by atoms with E-state index >= 15 is 0 Å². The molecule has 1 aromatic rings. The molecule has 1 rings (SSSR count). The lowest BCUT2D eigenvalue weighted by Crippen LogP contribution is -2.11. The fourth-order valence-corrected chi connectivity index (χ4v) is 2.41. The third-order valence-corrected chi connectivity index (χ3v) is 3.68. The molecule has 1 amide bonds. The zero-order chi connectivity index (χ0) is 15.5. The Morgan fingerprint density at radius 3 is 2.48 bits per heavy atom. The van der Waals surface area contributed by atoms with Gasteiger partial charge in [0, 0.05) is 11.4 Å². The normalized spacial score (nSPS) is 10.4. The highest BCUT2D eigenvalue weighted by Crippen LogP contribution is 2.27. The van der Waals surface area contributed by atoms with Crippen LogP contribution in [0.2, 0.25) is 5.02 Å². The zero-order valence-electron chi connectivity index (χ0n) is 13.1. The number of halogens is 1. The number of unbranched alkanes of at least 4 members (excludes halogenated alkanes) is 6. The van der Waals surface area contributed by atoms with Gasteiger partial charge in [-0.25, -0.2) is 0 Å². The second-order valence-electron chi connectivity index (χ2n) is 5.26. The van der Waals surface area contributed by atoms with Gasteiger partial charge in [0.15, 0.2) is 0 Å². The molecular weight excluding hydrogens is 286 g/mol. The second kappa shape index (κ2) is 10.5. The first kappa shape index (κ1) is 17.8. The minimum atomic E-state index is 0.0177. The highest BCUT2D eigenvalue weighted by atomic mass is 35.5. The van der Waals surface area contributed by atoms with Crippen LogP contribution in [0.3, 0.4) is 0 Å². The molecule has 0 aliphatic heterocycles. The summed E-state index contributed by atoms with van der Waals surface area (Å²) in [7, 11) is 1.58. The molecule has 0 aliphatic carbocycles. The maximum atomic E-state index is 11.9. The summed E-state index contributed by atoms with van der Waals surface area (Å²) < 4.78 is 5.21. The largest absolute Gasteiger partial charge is 0.495 e. The van der Waals surface area contributed by atoms with E-state index in [0.29, 0.717) is 22.9 Å². The number of methoxy groups -OCH3 is 1. The standard InChI is InChI=1S/C17H26ClNO2/c1-3-4-5-6-7-8-9-10-17(20)19-15-13-14(18)11-12-16(15)21-2/h11-13H,3-10H2,1-2H3,(H,19,20). The average Bonchev–Trinajstić information content (AvgIpc) is 2.46. The van der Waals surface area contributed by atoms with Crippen molar-refractivity contribution in [3.63, 3.8) is 0 Å². The lowest BCUT2D eigenvalue weighted by Gasteiger charge is -2.10. The third kappa shape index (κ3) is 7.37. The van der Waals surface area contributed by atoms with Crippen LogP contribution in [0.15, 0.2) is 18.2 Å². The summed E-state index contributed by atoms with van der Waals surface area (Å²) in [5.41, 5.74) is 0.637. The van der Waals surface area contributed by atoms with Crippen LogP contribution in [0.5, 0.6) is 5.75 Å². The Hall–Kier alpha value is -1.22. The Kier molecular flexibility index (Phi) is 8.91. The van der Waals surface area contributed by atoms with Crippen molar-refractivity contribution < 1.29 is 9.53 Å². The van der Waals surface area contributed by atoms with Crippen LogP contribution in [0.4, 0.5) is 5.69 Å². The third-order valence-electron chi connectivity index (χ3n) is 3.44. The molecule has 0 aliphatic rings. The van der Waals surface area contributed by atoms with Crippen molar-refractivity contribution in [1.29, 1.82) is 0 Å². The lowest BCUT2D eigenvalue weighted by atomic mass is 10.1. The summed E-state index contributed by atoms with van der Waals surface area (Å²) in [5.74, 6) is 0.649. The summed E-state index contributed by atoms with van der Waals surface area (Å²) in [6.45, 7) is 2.22. The first-order valence-electron chi connectivity index (χ1n) is 7.80. The van der Waals surface area contributed by atoms with Crippen LogP contribution in [0.1, 0.15) is 58.3 Å². The van der Waals surface area contributed by atoms with Crippen molar-refractivity contribution in [3.8, 4) is 5.75 Å². The van der Waals surface area contributed by atoms with E-state index in [4.69, 9.17) is 16.3 Å². The molecule has 0 bridgehead atoms.